The van der Waals surface area contributed by atoms with Gasteiger partial charge in [-0.05, 0) is 0 Å². The Labute approximate surface area is 204 Å². The summed E-state index contributed by atoms with van der Waals surface area (Å²) >= 11 is 0. The molecular formula is C14H26MgN3NaO10. The van der Waals surface area contributed by atoms with Crippen molar-refractivity contribution in [3.05, 3.63) is 0 Å². The molecule has 160 valence electrons. The Kier molecular flexibility index (Phi) is 20.1. The van der Waals surface area contributed by atoms with Gasteiger partial charge in [0.2, 0.25) is 0 Å². The molecule has 0 bridgehead atoms. The quantitative estimate of drug-likeness (QED) is 0.144. The molecule has 0 aliphatic carbocycles. The number of nitrogens with zero attached hydrogens (tertiary/aromatic N) is 3. The molecule has 0 aromatic rings. The number of carbonyl (C=O) groups is 5. The number of hydrogen-bond acceptors (Lipinski definition) is 8. The number of carboxylic acids is 5. The Hall–Kier alpha value is -1.00. The molecule has 0 aromatic heterocycles. The van der Waals surface area contributed by atoms with Crippen LogP contribution in [-0.4, -0.2) is 182 Å². The molecule has 0 heterocycles. The summed E-state index contributed by atoms with van der Waals surface area (Å²) < 4.78 is 0. The zero-order valence-electron chi connectivity index (χ0n) is 14.5. The van der Waals surface area contributed by atoms with Crippen molar-refractivity contribution < 1.29 is 49.5 Å². The molecule has 0 saturated carbocycles. The van der Waals surface area contributed by atoms with Crippen LogP contribution in [0.5, 0.6) is 0 Å². The van der Waals surface area contributed by atoms with E-state index in [2.05, 4.69) is 0 Å². The van der Waals surface area contributed by atoms with Crippen LogP contribution in [0.3, 0.4) is 0 Å². The predicted octanol–water partition coefficient (Wildman–Crippen LogP) is -4.25. The van der Waals surface area contributed by atoms with Gasteiger partial charge in [-0.3, -0.25) is 38.7 Å². The van der Waals surface area contributed by atoms with Crippen LogP contribution in [0, 0.1) is 0 Å². The maximum absolute atomic E-state index is 11.0. The van der Waals surface area contributed by atoms with Crippen LogP contribution in [0.1, 0.15) is 0 Å². The molecular weight excluding hydrogens is 417 g/mol. The van der Waals surface area contributed by atoms with E-state index in [9.17, 15) is 24.0 Å². The molecule has 0 spiro atoms. The van der Waals surface area contributed by atoms with Crippen LogP contribution in [0.4, 0.5) is 0 Å². The molecule has 0 atom stereocenters. The van der Waals surface area contributed by atoms with Crippen molar-refractivity contribution in [2.24, 2.45) is 0 Å². The summed E-state index contributed by atoms with van der Waals surface area (Å²) in [6.07, 6.45) is 0. The molecule has 0 aliphatic rings. The first-order valence-electron chi connectivity index (χ1n) is 7.75. The number of carboxylic acid groups (broad SMARTS) is 5. The fourth-order valence-electron chi connectivity index (χ4n) is 2.22. The summed E-state index contributed by atoms with van der Waals surface area (Å²) in [6.45, 7) is -2.74. The van der Waals surface area contributed by atoms with Gasteiger partial charge in [0.05, 0.1) is 32.7 Å². The second kappa shape index (κ2) is 17.8. The van der Waals surface area contributed by atoms with Gasteiger partial charge < -0.3 is 25.5 Å². The van der Waals surface area contributed by atoms with Crippen LogP contribution in [0.2, 0.25) is 0 Å². The van der Waals surface area contributed by atoms with Crippen LogP contribution in [0.15, 0.2) is 0 Å². The Morgan fingerprint density at radius 1 is 0.448 bits per heavy atom. The molecule has 29 heavy (non-hydrogen) atoms. The van der Waals surface area contributed by atoms with E-state index >= 15 is 0 Å². The van der Waals surface area contributed by atoms with E-state index in [-0.39, 0.29) is 78.8 Å². The molecule has 15 heteroatoms. The second-order valence-electron chi connectivity index (χ2n) is 5.67. The summed E-state index contributed by atoms with van der Waals surface area (Å²) in [5.41, 5.74) is 0. The van der Waals surface area contributed by atoms with Crippen molar-refractivity contribution >= 4 is 82.5 Å². The van der Waals surface area contributed by atoms with E-state index < -0.39 is 62.6 Å². The van der Waals surface area contributed by atoms with Gasteiger partial charge in [0.1, 0.15) is 0 Å². The van der Waals surface area contributed by atoms with Gasteiger partial charge in [-0.1, -0.05) is 0 Å². The molecule has 0 amide bonds. The van der Waals surface area contributed by atoms with E-state index in [1.54, 1.807) is 0 Å². The van der Waals surface area contributed by atoms with Crippen LogP contribution < -0.4 is 0 Å². The molecule has 0 rings (SSSR count). The molecule has 0 aliphatic heterocycles. The van der Waals surface area contributed by atoms with E-state index in [4.69, 9.17) is 25.5 Å². The summed E-state index contributed by atoms with van der Waals surface area (Å²) in [4.78, 5) is 57.6. The third-order valence-electron chi connectivity index (χ3n) is 3.26. The Balaban J connectivity index is -0.00000338. The van der Waals surface area contributed by atoms with E-state index in [0.717, 1.165) is 9.80 Å². The molecule has 5 N–H and O–H groups in total. The Morgan fingerprint density at radius 3 is 0.828 bits per heavy atom. The normalized spacial score (nSPS) is 10.3. The molecule has 0 saturated heterocycles. The van der Waals surface area contributed by atoms with Crippen LogP contribution in [-0.2, 0) is 24.0 Å². The van der Waals surface area contributed by atoms with E-state index in [1.807, 2.05) is 0 Å². The SMILES string of the molecule is O=C(O)CN(CCN(CC(=O)O)CC(=O)O)CCN(CC(=O)O)CC(=O)O.[MgH2].[NaH]. The monoisotopic (exact) mass is 443 g/mol. The minimum absolute atomic E-state index is 0. The van der Waals surface area contributed by atoms with Crippen molar-refractivity contribution in [2.45, 2.75) is 0 Å². The number of aliphatic carboxylic acids is 5. The Bertz CT molecular complexity index is 494. The third kappa shape index (κ3) is 20.1. The van der Waals surface area contributed by atoms with Gasteiger partial charge in [-0.15, -0.1) is 0 Å². The topological polar surface area (TPSA) is 196 Å². The average molecular weight is 444 g/mol. The number of rotatable bonds is 16. The molecule has 13 nitrogen and oxygen atoms in total. The van der Waals surface area contributed by atoms with Crippen molar-refractivity contribution in [2.75, 3.05) is 58.9 Å². The standard InChI is InChI=1S/C14H23N3O10.Mg.Na.3H/c18-10(19)5-15(1-3-16(6-11(20)21)7-12(22)23)2-4-17(8-13(24)25)9-14(26)27;;;;;/h1-9H2,(H,18,19)(H,20,21)(H,22,23)(H,24,25)(H,26,27);;;;;. The second-order valence-corrected chi connectivity index (χ2v) is 5.67. The van der Waals surface area contributed by atoms with E-state index in [0.29, 0.717) is 0 Å². The predicted molar refractivity (Wildman–Crippen MR) is 103 cm³/mol. The fourth-order valence-corrected chi connectivity index (χ4v) is 2.22. The molecule has 0 radical (unpaired) electrons. The van der Waals surface area contributed by atoms with Gasteiger partial charge in [-0.2, -0.15) is 0 Å². The minimum atomic E-state index is -1.24. The van der Waals surface area contributed by atoms with Gasteiger partial charge in [0.25, 0.3) is 0 Å². The van der Waals surface area contributed by atoms with Crippen molar-refractivity contribution in [1.29, 1.82) is 0 Å². The van der Waals surface area contributed by atoms with Crippen LogP contribution >= 0.6 is 0 Å². The van der Waals surface area contributed by atoms with Gasteiger partial charge in [-0.25, -0.2) is 0 Å². The summed E-state index contributed by atoms with van der Waals surface area (Å²) in [5, 5.41) is 44.1. The molecule has 0 unspecified atom stereocenters. The fraction of sp³-hybridized carbons (Fsp3) is 0.643. The summed E-state index contributed by atoms with van der Waals surface area (Å²) in [5.74, 6) is -6.16. The molecule has 0 fully saturated rings. The van der Waals surface area contributed by atoms with Gasteiger partial charge >= 0.3 is 82.5 Å². The van der Waals surface area contributed by atoms with Crippen molar-refractivity contribution in [3.63, 3.8) is 0 Å². The third-order valence-corrected chi connectivity index (χ3v) is 3.26. The summed E-state index contributed by atoms with van der Waals surface area (Å²) in [6, 6.07) is 0. The Morgan fingerprint density at radius 2 is 0.621 bits per heavy atom. The average Bonchev–Trinajstić information content (AvgIpc) is 2.46. The van der Waals surface area contributed by atoms with Gasteiger partial charge in [0, 0.05) is 26.2 Å². The van der Waals surface area contributed by atoms with Crippen molar-refractivity contribution in [3.8, 4) is 0 Å². The van der Waals surface area contributed by atoms with Crippen molar-refractivity contribution in [1.82, 2.24) is 14.7 Å². The maximum atomic E-state index is 11.0. The zero-order chi connectivity index (χ0) is 21.0. The number of hydrogen-bond donors (Lipinski definition) is 5. The first-order chi connectivity index (χ1) is 12.5. The van der Waals surface area contributed by atoms with Crippen LogP contribution in [0.25, 0.3) is 0 Å². The summed E-state index contributed by atoms with van der Waals surface area (Å²) in [7, 11) is 0. The van der Waals surface area contributed by atoms with E-state index in [1.165, 1.54) is 4.90 Å². The zero-order valence-corrected chi connectivity index (χ0v) is 14.5. The molecule has 0 aromatic carbocycles. The van der Waals surface area contributed by atoms with Gasteiger partial charge in [0.15, 0.2) is 0 Å². The first kappa shape index (κ1) is 32.7. The first-order valence-corrected chi connectivity index (χ1v) is 7.75.